The van der Waals surface area contributed by atoms with Gasteiger partial charge in [-0.05, 0) is 23.6 Å². The summed E-state index contributed by atoms with van der Waals surface area (Å²) in [5.74, 6) is 0.434. The van der Waals surface area contributed by atoms with E-state index in [0.29, 0.717) is 13.0 Å². The number of rotatable bonds is 3. The van der Waals surface area contributed by atoms with Crippen LogP contribution in [0, 0.1) is 6.92 Å². The topological polar surface area (TPSA) is 72.1 Å². The number of benzene rings is 2. The minimum Gasteiger partial charge on any atom is -0.368 e. The van der Waals surface area contributed by atoms with E-state index < -0.39 is 6.04 Å². The van der Waals surface area contributed by atoms with Gasteiger partial charge in [0.15, 0.2) is 0 Å². The van der Waals surface area contributed by atoms with Crippen molar-refractivity contribution in [3.8, 4) is 11.1 Å². The van der Waals surface area contributed by atoms with Gasteiger partial charge < -0.3 is 10.6 Å². The average Bonchev–Trinajstić information content (AvgIpc) is 3.17. The Morgan fingerprint density at radius 3 is 2.62 bits per heavy atom. The molecule has 2 N–H and O–H groups in total. The van der Waals surface area contributed by atoms with E-state index in [0.717, 1.165) is 27.2 Å². The Bertz CT molecular complexity index is 1220. The van der Waals surface area contributed by atoms with Crippen LogP contribution in [-0.2, 0) is 17.8 Å². The third-order valence-electron chi connectivity index (χ3n) is 5.56. The van der Waals surface area contributed by atoms with Gasteiger partial charge in [-0.15, -0.1) is 11.3 Å². The number of fused-ring (bicyclic) bond motifs is 2. The molecule has 6 heteroatoms. The number of carbonyl (C=O) groups is 1. The number of carbonyl (C=O) groups excluding carboxylic acids is 1. The number of aromatic nitrogens is 2. The lowest BCUT2D eigenvalue weighted by molar-refractivity contribution is -0.119. The molecule has 0 fully saturated rings. The lowest BCUT2D eigenvalue weighted by Gasteiger charge is -2.36. The first-order valence-electron chi connectivity index (χ1n) is 9.54. The molecule has 0 bridgehead atoms. The zero-order valence-corrected chi connectivity index (χ0v) is 16.8. The smallest absolute Gasteiger partial charge is 0.240 e. The van der Waals surface area contributed by atoms with E-state index in [1.54, 1.807) is 17.7 Å². The maximum absolute atomic E-state index is 12.4. The number of hydrogen-bond donors (Lipinski definition) is 1. The molecule has 2 aromatic heterocycles. The Hall–Kier alpha value is -3.25. The van der Waals surface area contributed by atoms with Gasteiger partial charge >= 0.3 is 0 Å². The molecule has 0 saturated heterocycles. The van der Waals surface area contributed by atoms with E-state index in [4.69, 9.17) is 5.73 Å². The van der Waals surface area contributed by atoms with E-state index in [9.17, 15) is 4.79 Å². The molecule has 1 aliphatic heterocycles. The van der Waals surface area contributed by atoms with Crippen molar-refractivity contribution in [1.29, 1.82) is 0 Å². The summed E-state index contributed by atoms with van der Waals surface area (Å²) in [6.07, 6.45) is 2.16. The van der Waals surface area contributed by atoms with E-state index in [1.807, 2.05) is 17.0 Å². The summed E-state index contributed by atoms with van der Waals surface area (Å²) >= 11 is 1.59. The maximum atomic E-state index is 12.4. The van der Waals surface area contributed by atoms with Gasteiger partial charge in [-0.3, -0.25) is 4.79 Å². The SMILES string of the molecule is Cc1ccc(-c2csc3ncnc(N4Cc5ccccc5C[C@@H]4C(N)=O)c23)cc1. The molecular formula is C23H20N4OS. The number of nitrogens with zero attached hydrogens (tertiary/aromatic N) is 3. The zero-order valence-electron chi connectivity index (χ0n) is 16.0. The van der Waals surface area contributed by atoms with Crippen molar-refractivity contribution in [2.75, 3.05) is 4.90 Å². The molecule has 1 atom stereocenters. The molecule has 3 heterocycles. The lowest BCUT2D eigenvalue weighted by atomic mass is 9.93. The summed E-state index contributed by atoms with van der Waals surface area (Å²) in [4.78, 5) is 24.4. The number of nitrogens with two attached hydrogens (primary N) is 1. The highest BCUT2D eigenvalue weighted by Gasteiger charge is 2.32. The minimum absolute atomic E-state index is 0.335. The van der Waals surface area contributed by atoms with Gasteiger partial charge in [-0.25, -0.2) is 9.97 Å². The van der Waals surface area contributed by atoms with Crippen LogP contribution in [0.5, 0.6) is 0 Å². The zero-order chi connectivity index (χ0) is 20.0. The highest BCUT2D eigenvalue weighted by atomic mass is 32.1. The van der Waals surface area contributed by atoms with Crippen LogP contribution in [0.2, 0.25) is 0 Å². The number of anilines is 1. The van der Waals surface area contributed by atoms with E-state index in [2.05, 4.69) is 58.7 Å². The summed E-state index contributed by atoms with van der Waals surface area (Å²) in [6, 6.07) is 16.2. The first kappa shape index (κ1) is 17.8. The molecule has 0 saturated carbocycles. The fraction of sp³-hybridized carbons (Fsp3) is 0.174. The van der Waals surface area contributed by atoms with E-state index in [1.165, 1.54) is 16.7 Å². The Morgan fingerprint density at radius 2 is 1.86 bits per heavy atom. The quantitative estimate of drug-likeness (QED) is 0.562. The van der Waals surface area contributed by atoms with Gasteiger partial charge in [-0.2, -0.15) is 0 Å². The largest absolute Gasteiger partial charge is 0.368 e. The normalized spacial score (nSPS) is 16.0. The molecule has 2 aromatic carbocycles. The standard InChI is InChI=1S/C23H20N4OS/c1-14-6-8-15(9-7-14)18-12-29-23-20(18)22(25-13-26-23)27-11-17-5-3-2-4-16(17)10-19(27)21(24)28/h2-9,12-13,19H,10-11H2,1H3,(H2,24,28)/t19-/m1/s1. The minimum atomic E-state index is -0.436. The predicted octanol–water partition coefficient (Wildman–Crippen LogP) is 4.08. The third kappa shape index (κ3) is 3.06. The molecule has 4 aromatic rings. The van der Waals surface area contributed by atoms with Crippen LogP contribution < -0.4 is 10.6 Å². The number of aryl methyl sites for hydroxylation is 1. The van der Waals surface area contributed by atoms with Crippen molar-refractivity contribution in [3.63, 3.8) is 0 Å². The molecule has 144 valence electrons. The number of primary amides is 1. The summed E-state index contributed by atoms with van der Waals surface area (Å²) in [6.45, 7) is 2.67. The number of amides is 1. The van der Waals surface area contributed by atoms with Gasteiger partial charge in [0, 0.05) is 23.9 Å². The average molecular weight is 401 g/mol. The molecule has 0 spiro atoms. The summed E-state index contributed by atoms with van der Waals surface area (Å²) < 4.78 is 0. The van der Waals surface area contributed by atoms with Gasteiger partial charge in [0.05, 0.1) is 5.39 Å². The summed E-state index contributed by atoms with van der Waals surface area (Å²) in [5, 5.41) is 3.09. The van der Waals surface area contributed by atoms with E-state index >= 15 is 0 Å². The van der Waals surface area contributed by atoms with Crippen LogP contribution in [0.4, 0.5) is 5.82 Å². The Labute approximate surface area is 172 Å². The third-order valence-corrected chi connectivity index (χ3v) is 6.45. The van der Waals surface area contributed by atoms with Gasteiger partial charge in [-0.1, -0.05) is 54.1 Å². The Balaban J connectivity index is 1.69. The highest BCUT2D eigenvalue weighted by molar-refractivity contribution is 7.17. The second kappa shape index (κ2) is 6.97. The van der Waals surface area contributed by atoms with Crippen molar-refractivity contribution in [2.45, 2.75) is 25.9 Å². The summed E-state index contributed by atoms with van der Waals surface area (Å²) in [5.41, 5.74) is 11.6. The second-order valence-electron chi connectivity index (χ2n) is 7.41. The molecule has 5 rings (SSSR count). The molecule has 0 aliphatic carbocycles. The molecule has 1 aliphatic rings. The van der Waals surface area contributed by atoms with Crippen LogP contribution in [-0.4, -0.2) is 21.9 Å². The monoisotopic (exact) mass is 400 g/mol. The van der Waals surface area contributed by atoms with Crippen molar-refractivity contribution < 1.29 is 4.79 Å². The second-order valence-corrected chi connectivity index (χ2v) is 8.27. The first-order valence-corrected chi connectivity index (χ1v) is 10.4. The predicted molar refractivity (Wildman–Crippen MR) is 117 cm³/mol. The van der Waals surface area contributed by atoms with Crippen LogP contribution in [0.3, 0.4) is 0 Å². The van der Waals surface area contributed by atoms with Gasteiger partial charge in [0.1, 0.15) is 23.0 Å². The van der Waals surface area contributed by atoms with E-state index in [-0.39, 0.29) is 5.91 Å². The highest BCUT2D eigenvalue weighted by Crippen LogP contribution is 2.40. The summed E-state index contributed by atoms with van der Waals surface area (Å²) in [7, 11) is 0. The lowest BCUT2D eigenvalue weighted by Crippen LogP contribution is -2.49. The number of hydrogen-bond acceptors (Lipinski definition) is 5. The van der Waals surface area contributed by atoms with Crippen molar-refractivity contribution in [1.82, 2.24) is 9.97 Å². The maximum Gasteiger partial charge on any atom is 0.240 e. The van der Waals surface area contributed by atoms with Crippen molar-refractivity contribution in [2.24, 2.45) is 5.73 Å². The van der Waals surface area contributed by atoms with Crippen molar-refractivity contribution >= 4 is 33.3 Å². The number of thiophene rings is 1. The molecule has 0 radical (unpaired) electrons. The van der Waals surface area contributed by atoms with Crippen LogP contribution >= 0.6 is 11.3 Å². The Kier molecular flexibility index (Phi) is 4.28. The van der Waals surface area contributed by atoms with Gasteiger partial charge in [0.2, 0.25) is 5.91 Å². The fourth-order valence-electron chi connectivity index (χ4n) is 4.02. The first-order chi connectivity index (χ1) is 14.1. The van der Waals surface area contributed by atoms with Crippen LogP contribution in [0.25, 0.3) is 21.3 Å². The molecular weight excluding hydrogens is 380 g/mol. The van der Waals surface area contributed by atoms with Crippen LogP contribution in [0.15, 0.2) is 60.2 Å². The molecule has 1 amide bonds. The molecule has 0 unspecified atom stereocenters. The molecule has 29 heavy (non-hydrogen) atoms. The fourth-order valence-corrected chi connectivity index (χ4v) is 4.93. The van der Waals surface area contributed by atoms with Crippen LogP contribution in [0.1, 0.15) is 16.7 Å². The molecule has 5 nitrogen and oxygen atoms in total. The van der Waals surface area contributed by atoms with Crippen molar-refractivity contribution in [3.05, 3.63) is 76.9 Å². The Morgan fingerprint density at radius 1 is 1.10 bits per heavy atom. The van der Waals surface area contributed by atoms with Gasteiger partial charge in [0.25, 0.3) is 0 Å².